The first-order valence-electron chi connectivity index (χ1n) is 6.47. The number of rotatable bonds is 4. The molecule has 0 aliphatic carbocycles. The van der Waals surface area contributed by atoms with Gasteiger partial charge in [-0.05, 0) is 24.1 Å². The second-order valence-corrected chi connectivity index (χ2v) is 4.79. The van der Waals surface area contributed by atoms with E-state index in [1.165, 1.54) is 11.0 Å². The molecule has 1 heterocycles. The average molecular weight is 274 g/mol. The highest BCUT2D eigenvalue weighted by Gasteiger charge is 2.21. The molecule has 1 aromatic rings. The van der Waals surface area contributed by atoms with Gasteiger partial charge >= 0.3 is 0 Å². The Hall–Kier alpha value is -2.30. The monoisotopic (exact) mass is 274 g/mol. The SMILES string of the molecule is C=CC(=O)N(C)CC(=O)NC1COc2ccccc2C1. The first kappa shape index (κ1) is 14.1. The number of nitrogens with one attached hydrogen (secondary N) is 1. The van der Waals surface area contributed by atoms with Gasteiger partial charge in [-0.25, -0.2) is 0 Å². The van der Waals surface area contributed by atoms with Crippen molar-refractivity contribution in [3.05, 3.63) is 42.5 Å². The van der Waals surface area contributed by atoms with Crippen LogP contribution in [0.15, 0.2) is 36.9 Å². The number of amides is 2. The van der Waals surface area contributed by atoms with Crippen molar-refractivity contribution in [3.63, 3.8) is 0 Å². The predicted octanol–water partition coefficient (Wildman–Crippen LogP) is 0.751. The molecule has 1 aromatic carbocycles. The minimum atomic E-state index is -0.273. The van der Waals surface area contributed by atoms with Crippen LogP contribution in [0.1, 0.15) is 5.56 Å². The Kier molecular flexibility index (Phi) is 4.40. The summed E-state index contributed by atoms with van der Waals surface area (Å²) in [6.07, 6.45) is 1.92. The fraction of sp³-hybridized carbons (Fsp3) is 0.333. The van der Waals surface area contributed by atoms with Crippen LogP contribution in [0.3, 0.4) is 0 Å². The normalized spacial score (nSPS) is 16.6. The van der Waals surface area contributed by atoms with Gasteiger partial charge in [-0.2, -0.15) is 0 Å². The third-order valence-electron chi connectivity index (χ3n) is 3.18. The molecule has 0 bridgehead atoms. The molecule has 106 valence electrons. The van der Waals surface area contributed by atoms with Gasteiger partial charge in [-0.3, -0.25) is 9.59 Å². The van der Waals surface area contributed by atoms with Crippen LogP contribution in [0.2, 0.25) is 0 Å². The van der Waals surface area contributed by atoms with Gasteiger partial charge in [0.25, 0.3) is 0 Å². The summed E-state index contributed by atoms with van der Waals surface area (Å²) < 4.78 is 5.60. The van der Waals surface area contributed by atoms with Gasteiger partial charge in [-0.1, -0.05) is 24.8 Å². The van der Waals surface area contributed by atoms with Crippen LogP contribution in [0.4, 0.5) is 0 Å². The molecule has 20 heavy (non-hydrogen) atoms. The summed E-state index contributed by atoms with van der Waals surface area (Å²) in [5, 5.41) is 2.88. The van der Waals surface area contributed by atoms with Gasteiger partial charge in [0.2, 0.25) is 11.8 Å². The van der Waals surface area contributed by atoms with E-state index < -0.39 is 0 Å². The zero-order valence-electron chi connectivity index (χ0n) is 11.5. The predicted molar refractivity (Wildman–Crippen MR) is 75.4 cm³/mol. The summed E-state index contributed by atoms with van der Waals surface area (Å²) in [5.41, 5.74) is 1.08. The molecule has 5 nitrogen and oxygen atoms in total. The van der Waals surface area contributed by atoms with E-state index in [0.717, 1.165) is 17.7 Å². The van der Waals surface area contributed by atoms with Crippen molar-refractivity contribution in [2.75, 3.05) is 20.2 Å². The Morgan fingerprint density at radius 2 is 2.25 bits per heavy atom. The van der Waals surface area contributed by atoms with Crippen LogP contribution in [-0.4, -0.2) is 43.0 Å². The third kappa shape index (κ3) is 3.38. The van der Waals surface area contributed by atoms with E-state index >= 15 is 0 Å². The van der Waals surface area contributed by atoms with Crippen molar-refractivity contribution in [3.8, 4) is 5.75 Å². The lowest BCUT2D eigenvalue weighted by molar-refractivity contribution is -0.131. The molecule has 0 saturated heterocycles. The van der Waals surface area contributed by atoms with Crippen LogP contribution in [-0.2, 0) is 16.0 Å². The van der Waals surface area contributed by atoms with E-state index in [1.54, 1.807) is 7.05 Å². The van der Waals surface area contributed by atoms with Gasteiger partial charge in [0.1, 0.15) is 12.4 Å². The van der Waals surface area contributed by atoms with Crippen molar-refractivity contribution in [1.29, 1.82) is 0 Å². The average Bonchev–Trinajstić information content (AvgIpc) is 2.46. The maximum absolute atomic E-state index is 11.9. The fourth-order valence-electron chi connectivity index (χ4n) is 2.14. The number of carbonyl (C=O) groups is 2. The maximum Gasteiger partial charge on any atom is 0.246 e. The molecule has 0 spiro atoms. The summed E-state index contributed by atoms with van der Waals surface area (Å²) in [7, 11) is 1.57. The number of hydrogen-bond acceptors (Lipinski definition) is 3. The summed E-state index contributed by atoms with van der Waals surface area (Å²) in [6.45, 7) is 3.85. The van der Waals surface area contributed by atoms with Gasteiger partial charge < -0.3 is 15.0 Å². The van der Waals surface area contributed by atoms with Gasteiger partial charge in [0, 0.05) is 7.05 Å². The quantitative estimate of drug-likeness (QED) is 0.824. The molecule has 0 saturated carbocycles. The topological polar surface area (TPSA) is 58.6 Å². The molecule has 1 aliphatic rings. The largest absolute Gasteiger partial charge is 0.491 e. The molecule has 0 aromatic heterocycles. The van der Waals surface area contributed by atoms with Crippen LogP contribution < -0.4 is 10.1 Å². The Morgan fingerprint density at radius 3 is 3.00 bits per heavy atom. The number of benzene rings is 1. The fourth-order valence-corrected chi connectivity index (χ4v) is 2.14. The van der Waals surface area contributed by atoms with Crippen LogP contribution in [0.25, 0.3) is 0 Å². The number of likely N-dealkylation sites (N-methyl/N-ethyl adjacent to an activating group) is 1. The molecule has 1 atom stereocenters. The molecule has 1 N–H and O–H groups in total. The van der Waals surface area contributed by atoms with Gasteiger partial charge in [0.05, 0.1) is 12.6 Å². The molecule has 0 fully saturated rings. The minimum Gasteiger partial charge on any atom is -0.491 e. The van der Waals surface area contributed by atoms with Crippen LogP contribution >= 0.6 is 0 Å². The first-order valence-corrected chi connectivity index (χ1v) is 6.47. The lowest BCUT2D eigenvalue weighted by Gasteiger charge is -2.26. The maximum atomic E-state index is 11.9. The Morgan fingerprint density at radius 1 is 1.50 bits per heavy atom. The number of fused-ring (bicyclic) bond motifs is 1. The number of para-hydroxylation sites is 1. The third-order valence-corrected chi connectivity index (χ3v) is 3.18. The molecule has 1 unspecified atom stereocenters. The Labute approximate surface area is 118 Å². The molecular weight excluding hydrogens is 256 g/mol. The van der Waals surface area contributed by atoms with Crippen LogP contribution in [0.5, 0.6) is 5.75 Å². The summed E-state index contributed by atoms with van der Waals surface area (Å²) >= 11 is 0. The van der Waals surface area contributed by atoms with Crippen LogP contribution in [0, 0.1) is 0 Å². The highest BCUT2D eigenvalue weighted by atomic mass is 16.5. The molecule has 2 rings (SSSR count). The molecule has 1 aliphatic heterocycles. The highest BCUT2D eigenvalue weighted by Crippen LogP contribution is 2.23. The number of hydrogen-bond donors (Lipinski definition) is 1. The van der Waals surface area contributed by atoms with Crippen molar-refractivity contribution in [2.45, 2.75) is 12.5 Å². The number of carbonyl (C=O) groups excluding carboxylic acids is 2. The summed E-state index contributed by atoms with van der Waals surface area (Å²) in [4.78, 5) is 24.5. The van der Waals surface area contributed by atoms with E-state index in [1.807, 2.05) is 24.3 Å². The molecule has 5 heteroatoms. The van der Waals surface area contributed by atoms with E-state index in [9.17, 15) is 9.59 Å². The molecule has 2 amide bonds. The van der Waals surface area contributed by atoms with Gasteiger partial charge in [-0.15, -0.1) is 0 Å². The molecule has 0 radical (unpaired) electrons. The summed E-state index contributed by atoms with van der Waals surface area (Å²) in [6, 6.07) is 7.71. The number of ether oxygens (including phenoxy) is 1. The minimum absolute atomic E-state index is 0.0169. The van der Waals surface area contributed by atoms with E-state index in [4.69, 9.17) is 4.74 Å². The standard InChI is InChI=1S/C15H18N2O3/c1-3-15(19)17(2)9-14(18)16-12-8-11-6-4-5-7-13(11)20-10-12/h3-7,12H,1,8-10H2,2H3,(H,16,18). The summed E-state index contributed by atoms with van der Waals surface area (Å²) in [5.74, 6) is 0.401. The van der Waals surface area contributed by atoms with E-state index in [-0.39, 0.29) is 24.4 Å². The molecular formula is C15H18N2O3. The lowest BCUT2D eigenvalue weighted by Crippen LogP contribution is -2.46. The lowest BCUT2D eigenvalue weighted by atomic mass is 10.0. The number of nitrogens with zero attached hydrogens (tertiary/aromatic N) is 1. The second-order valence-electron chi connectivity index (χ2n) is 4.79. The Balaban J connectivity index is 1.87. The van der Waals surface area contributed by atoms with Crippen molar-refractivity contribution in [2.24, 2.45) is 0 Å². The first-order chi connectivity index (χ1) is 9.60. The van der Waals surface area contributed by atoms with E-state index in [2.05, 4.69) is 11.9 Å². The van der Waals surface area contributed by atoms with Crippen molar-refractivity contribution in [1.82, 2.24) is 10.2 Å². The van der Waals surface area contributed by atoms with E-state index in [0.29, 0.717) is 6.61 Å². The second kappa shape index (κ2) is 6.23. The smallest absolute Gasteiger partial charge is 0.246 e. The van der Waals surface area contributed by atoms with Crippen molar-refractivity contribution >= 4 is 11.8 Å². The zero-order valence-corrected chi connectivity index (χ0v) is 11.5. The van der Waals surface area contributed by atoms with Crippen molar-refractivity contribution < 1.29 is 14.3 Å². The van der Waals surface area contributed by atoms with Gasteiger partial charge in [0.15, 0.2) is 0 Å². The Bertz CT molecular complexity index is 528. The zero-order chi connectivity index (χ0) is 14.5. The highest BCUT2D eigenvalue weighted by molar-refractivity contribution is 5.90.